The number of aromatic nitrogens is 1. The molecule has 0 bridgehead atoms. The van der Waals surface area contributed by atoms with Crippen molar-refractivity contribution in [2.45, 2.75) is 6.92 Å². The SMILES string of the molecule is CC(=O)c1ccc(-c2sccc2Cl)cn1. The van der Waals surface area contributed by atoms with Gasteiger partial charge in [0.05, 0.1) is 9.90 Å². The first-order valence-corrected chi connectivity index (χ1v) is 5.64. The maximum Gasteiger partial charge on any atom is 0.178 e. The van der Waals surface area contributed by atoms with Crippen LogP contribution in [0, 0.1) is 0 Å². The molecule has 2 nitrogen and oxygen atoms in total. The Balaban J connectivity index is 2.40. The maximum atomic E-state index is 11.0. The molecule has 0 saturated carbocycles. The van der Waals surface area contributed by atoms with Gasteiger partial charge in [-0.3, -0.25) is 9.78 Å². The van der Waals surface area contributed by atoms with E-state index in [9.17, 15) is 4.79 Å². The van der Waals surface area contributed by atoms with Gasteiger partial charge in [0.25, 0.3) is 0 Å². The predicted octanol–water partition coefficient (Wildman–Crippen LogP) is 3.67. The minimum atomic E-state index is -0.0289. The van der Waals surface area contributed by atoms with Crippen LogP contribution in [0.25, 0.3) is 10.4 Å². The Labute approximate surface area is 96.5 Å². The molecule has 15 heavy (non-hydrogen) atoms. The summed E-state index contributed by atoms with van der Waals surface area (Å²) < 4.78 is 0. The molecule has 0 aliphatic heterocycles. The van der Waals surface area contributed by atoms with E-state index in [4.69, 9.17) is 11.6 Å². The summed E-state index contributed by atoms with van der Waals surface area (Å²) >= 11 is 7.55. The van der Waals surface area contributed by atoms with Crippen LogP contribution >= 0.6 is 22.9 Å². The smallest absolute Gasteiger partial charge is 0.178 e. The predicted molar refractivity (Wildman–Crippen MR) is 62.6 cm³/mol. The highest BCUT2D eigenvalue weighted by molar-refractivity contribution is 7.14. The van der Waals surface area contributed by atoms with E-state index < -0.39 is 0 Å². The highest BCUT2D eigenvalue weighted by atomic mass is 35.5. The molecule has 0 atom stereocenters. The summed E-state index contributed by atoms with van der Waals surface area (Å²) in [6.45, 7) is 1.50. The summed E-state index contributed by atoms with van der Waals surface area (Å²) in [5.41, 5.74) is 1.42. The Kier molecular flexibility index (Phi) is 2.84. The van der Waals surface area contributed by atoms with Crippen LogP contribution in [0.5, 0.6) is 0 Å². The first kappa shape index (κ1) is 10.3. The number of carbonyl (C=O) groups is 1. The van der Waals surface area contributed by atoms with Crippen molar-refractivity contribution in [1.82, 2.24) is 4.98 Å². The molecule has 0 fully saturated rings. The lowest BCUT2D eigenvalue weighted by atomic mass is 10.2. The van der Waals surface area contributed by atoms with Crippen LogP contribution in [0.3, 0.4) is 0 Å². The fourth-order valence-corrected chi connectivity index (χ4v) is 2.39. The van der Waals surface area contributed by atoms with Gasteiger partial charge < -0.3 is 0 Å². The normalized spacial score (nSPS) is 10.3. The average molecular weight is 238 g/mol. The molecule has 2 heterocycles. The van der Waals surface area contributed by atoms with Crippen LogP contribution in [0.1, 0.15) is 17.4 Å². The molecular formula is C11H8ClNOS. The second-order valence-electron chi connectivity index (χ2n) is 3.09. The van der Waals surface area contributed by atoms with Gasteiger partial charge in [0, 0.05) is 18.7 Å². The van der Waals surface area contributed by atoms with E-state index in [1.165, 1.54) is 6.92 Å². The molecule has 2 aromatic rings. The number of hydrogen-bond donors (Lipinski definition) is 0. The zero-order valence-corrected chi connectivity index (χ0v) is 9.60. The third-order valence-electron chi connectivity index (χ3n) is 2.00. The highest BCUT2D eigenvalue weighted by Crippen LogP contribution is 2.32. The number of rotatable bonds is 2. The van der Waals surface area contributed by atoms with Gasteiger partial charge in [-0.1, -0.05) is 11.6 Å². The van der Waals surface area contributed by atoms with Crippen molar-refractivity contribution >= 4 is 28.7 Å². The van der Waals surface area contributed by atoms with Crippen molar-refractivity contribution < 1.29 is 4.79 Å². The summed E-state index contributed by atoms with van der Waals surface area (Å²) in [5, 5.41) is 2.65. The molecule has 76 valence electrons. The van der Waals surface area contributed by atoms with Crippen LogP contribution in [-0.4, -0.2) is 10.8 Å². The first-order chi connectivity index (χ1) is 7.18. The molecule has 0 aliphatic carbocycles. The second-order valence-corrected chi connectivity index (χ2v) is 4.41. The monoisotopic (exact) mass is 237 g/mol. The third kappa shape index (κ3) is 2.08. The minimum absolute atomic E-state index is 0.0289. The lowest BCUT2D eigenvalue weighted by molar-refractivity contribution is 0.101. The molecule has 0 aromatic carbocycles. The first-order valence-electron chi connectivity index (χ1n) is 4.39. The highest BCUT2D eigenvalue weighted by Gasteiger charge is 2.06. The summed E-state index contributed by atoms with van der Waals surface area (Å²) in [6.07, 6.45) is 1.68. The van der Waals surface area contributed by atoms with Crippen LogP contribution < -0.4 is 0 Å². The lowest BCUT2D eigenvalue weighted by Gasteiger charge is -1.99. The van der Waals surface area contributed by atoms with Crippen molar-refractivity contribution in [3.05, 3.63) is 40.5 Å². The molecule has 0 saturated heterocycles. The molecule has 2 aromatic heterocycles. The Morgan fingerprint density at radius 1 is 1.40 bits per heavy atom. The molecule has 0 amide bonds. The fraction of sp³-hybridized carbons (Fsp3) is 0.0909. The van der Waals surface area contributed by atoms with Crippen molar-refractivity contribution in [2.24, 2.45) is 0 Å². The second kappa shape index (κ2) is 4.13. The van der Waals surface area contributed by atoms with Crippen molar-refractivity contribution in [2.75, 3.05) is 0 Å². The van der Waals surface area contributed by atoms with Gasteiger partial charge in [0.2, 0.25) is 0 Å². The average Bonchev–Trinajstić information content (AvgIpc) is 2.65. The molecule has 0 N–H and O–H groups in total. The number of ketones is 1. The van der Waals surface area contributed by atoms with E-state index in [0.29, 0.717) is 5.69 Å². The molecule has 0 aliphatic rings. The summed E-state index contributed by atoms with van der Waals surface area (Å²) in [7, 11) is 0. The Hall–Kier alpha value is -1.19. The fourth-order valence-electron chi connectivity index (χ4n) is 1.24. The molecule has 0 spiro atoms. The van der Waals surface area contributed by atoms with Crippen molar-refractivity contribution in [3.8, 4) is 10.4 Å². The van der Waals surface area contributed by atoms with Gasteiger partial charge in [-0.25, -0.2) is 0 Å². The standard InChI is InChI=1S/C11H8ClNOS/c1-7(14)10-3-2-8(6-13-10)11-9(12)4-5-15-11/h2-6H,1H3. The summed E-state index contributed by atoms with van der Waals surface area (Å²) in [6, 6.07) is 5.43. The van der Waals surface area contributed by atoms with Crippen LogP contribution in [0.2, 0.25) is 5.02 Å². The Bertz CT molecular complexity index is 490. The quantitative estimate of drug-likeness (QED) is 0.746. The van der Waals surface area contributed by atoms with Crippen LogP contribution in [0.15, 0.2) is 29.8 Å². The molecule has 4 heteroatoms. The number of carbonyl (C=O) groups excluding carboxylic acids is 1. The number of hydrogen-bond acceptors (Lipinski definition) is 3. The van der Waals surface area contributed by atoms with Gasteiger partial charge in [-0.2, -0.15) is 0 Å². The van der Waals surface area contributed by atoms with Gasteiger partial charge in [-0.05, 0) is 23.6 Å². The largest absolute Gasteiger partial charge is 0.293 e. The van der Waals surface area contributed by atoms with Crippen LogP contribution in [0.4, 0.5) is 0 Å². The zero-order valence-electron chi connectivity index (χ0n) is 8.03. The van der Waals surface area contributed by atoms with Crippen molar-refractivity contribution in [1.29, 1.82) is 0 Å². The molecule has 2 rings (SSSR count). The molecule has 0 radical (unpaired) electrons. The van der Waals surface area contributed by atoms with E-state index in [-0.39, 0.29) is 5.78 Å². The number of halogens is 1. The van der Waals surface area contributed by atoms with E-state index in [1.807, 2.05) is 17.5 Å². The topological polar surface area (TPSA) is 30.0 Å². The molecule has 0 unspecified atom stereocenters. The summed E-state index contributed by atoms with van der Waals surface area (Å²) in [5.74, 6) is -0.0289. The maximum absolute atomic E-state index is 11.0. The number of Topliss-reactive ketones (excluding diaryl/α,β-unsaturated/α-hetero) is 1. The van der Waals surface area contributed by atoms with E-state index in [1.54, 1.807) is 23.6 Å². The lowest BCUT2D eigenvalue weighted by Crippen LogP contribution is -1.95. The van der Waals surface area contributed by atoms with Gasteiger partial charge in [0.1, 0.15) is 5.69 Å². The van der Waals surface area contributed by atoms with Gasteiger partial charge in [0.15, 0.2) is 5.78 Å². The van der Waals surface area contributed by atoms with Crippen LogP contribution in [-0.2, 0) is 0 Å². The molecular weight excluding hydrogens is 230 g/mol. The third-order valence-corrected chi connectivity index (χ3v) is 3.39. The minimum Gasteiger partial charge on any atom is -0.293 e. The Morgan fingerprint density at radius 2 is 2.20 bits per heavy atom. The number of pyridine rings is 1. The van der Waals surface area contributed by atoms with Gasteiger partial charge in [-0.15, -0.1) is 11.3 Å². The van der Waals surface area contributed by atoms with E-state index >= 15 is 0 Å². The Morgan fingerprint density at radius 3 is 2.67 bits per heavy atom. The number of nitrogens with zero attached hydrogens (tertiary/aromatic N) is 1. The number of thiophene rings is 1. The van der Waals surface area contributed by atoms with Crippen molar-refractivity contribution in [3.63, 3.8) is 0 Å². The van der Waals surface area contributed by atoms with E-state index in [2.05, 4.69) is 4.98 Å². The van der Waals surface area contributed by atoms with Gasteiger partial charge >= 0.3 is 0 Å². The zero-order chi connectivity index (χ0) is 10.8. The summed E-state index contributed by atoms with van der Waals surface area (Å²) in [4.78, 5) is 16.1. The van der Waals surface area contributed by atoms with E-state index in [0.717, 1.165) is 15.5 Å².